The van der Waals surface area contributed by atoms with Crippen LogP contribution in [0.3, 0.4) is 0 Å². The third-order valence-corrected chi connectivity index (χ3v) is 3.66. The summed E-state index contributed by atoms with van der Waals surface area (Å²) in [7, 11) is 1.65. The molecule has 0 bridgehead atoms. The number of carbonyl (C=O) groups excluding carboxylic acids is 1. The van der Waals surface area contributed by atoms with Crippen LogP contribution in [0.1, 0.15) is 21.2 Å². The number of ether oxygens (including phenoxy) is 1. The number of likely N-dealkylation sites (N-methyl/N-ethyl adjacent to an activating group) is 1. The molecule has 0 aromatic carbocycles. The molecule has 0 saturated carbocycles. The molecule has 112 valence electrons. The number of aromatic carboxylic acids is 1. The molecular formula is C14H15NO5S. The van der Waals surface area contributed by atoms with Crippen molar-refractivity contribution >= 4 is 23.2 Å². The van der Waals surface area contributed by atoms with Crippen molar-refractivity contribution < 1.29 is 23.8 Å². The Morgan fingerprint density at radius 3 is 2.76 bits per heavy atom. The average Bonchev–Trinajstić information content (AvgIpc) is 3.05. The molecule has 1 N–H and O–H groups in total. The summed E-state index contributed by atoms with van der Waals surface area (Å²) in [5.41, 5.74) is 0. The van der Waals surface area contributed by atoms with Gasteiger partial charge in [0.2, 0.25) is 0 Å². The average molecular weight is 309 g/mol. The molecule has 0 fully saturated rings. The molecule has 0 aliphatic heterocycles. The molecule has 0 spiro atoms. The molecule has 6 nitrogen and oxygen atoms in total. The van der Waals surface area contributed by atoms with Crippen LogP contribution < -0.4 is 4.74 Å². The smallest absolute Gasteiger partial charge is 0.346 e. The van der Waals surface area contributed by atoms with E-state index < -0.39 is 5.97 Å². The molecule has 21 heavy (non-hydrogen) atoms. The summed E-state index contributed by atoms with van der Waals surface area (Å²) in [4.78, 5) is 24.3. The third-order valence-electron chi connectivity index (χ3n) is 2.76. The van der Waals surface area contributed by atoms with Gasteiger partial charge >= 0.3 is 5.97 Å². The molecule has 0 aliphatic carbocycles. The first-order chi connectivity index (χ1) is 9.95. The van der Waals surface area contributed by atoms with Gasteiger partial charge in [-0.2, -0.15) is 0 Å². The number of carboxylic acids is 1. The number of carboxylic acid groups (broad SMARTS) is 1. The predicted molar refractivity (Wildman–Crippen MR) is 76.7 cm³/mol. The SMILES string of the molecule is Cc1ccc(CN(C)C(=O)COc2csc(C(=O)O)c2)o1. The number of furan rings is 1. The summed E-state index contributed by atoms with van der Waals surface area (Å²) in [6.45, 7) is 2.05. The Hall–Kier alpha value is -2.28. The number of thiophene rings is 1. The maximum atomic E-state index is 11.9. The van der Waals surface area contributed by atoms with E-state index in [1.807, 2.05) is 19.1 Å². The van der Waals surface area contributed by atoms with Gasteiger partial charge in [0.15, 0.2) is 6.61 Å². The first-order valence-electron chi connectivity index (χ1n) is 6.19. The minimum Gasteiger partial charge on any atom is -0.483 e. The molecule has 2 heterocycles. The van der Waals surface area contributed by atoms with Crippen LogP contribution in [-0.4, -0.2) is 35.5 Å². The van der Waals surface area contributed by atoms with Gasteiger partial charge in [-0.05, 0) is 19.1 Å². The van der Waals surface area contributed by atoms with Crippen molar-refractivity contribution in [2.75, 3.05) is 13.7 Å². The van der Waals surface area contributed by atoms with Gasteiger partial charge in [-0.3, -0.25) is 4.79 Å². The van der Waals surface area contributed by atoms with Crippen molar-refractivity contribution in [1.29, 1.82) is 0 Å². The highest BCUT2D eigenvalue weighted by atomic mass is 32.1. The first kappa shape index (κ1) is 15.1. The topological polar surface area (TPSA) is 80.0 Å². The lowest BCUT2D eigenvalue weighted by molar-refractivity contribution is -0.132. The van der Waals surface area contributed by atoms with E-state index in [4.69, 9.17) is 14.3 Å². The zero-order valence-electron chi connectivity index (χ0n) is 11.7. The van der Waals surface area contributed by atoms with Crippen molar-refractivity contribution in [3.8, 4) is 5.75 Å². The Kier molecular flexibility index (Phi) is 4.64. The Morgan fingerprint density at radius 2 is 2.19 bits per heavy atom. The van der Waals surface area contributed by atoms with Crippen LogP contribution in [0.4, 0.5) is 0 Å². The Labute approximate surface area is 125 Å². The Morgan fingerprint density at radius 1 is 1.43 bits per heavy atom. The molecule has 1 amide bonds. The van der Waals surface area contributed by atoms with Crippen molar-refractivity contribution in [3.05, 3.63) is 40.0 Å². The number of rotatable bonds is 6. The minimum atomic E-state index is -1.01. The molecule has 2 rings (SSSR count). The van der Waals surface area contributed by atoms with Gasteiger partial charge in [0.05, 0.1) is 6.54 Å². The monoisotopic (exact) mass is 309 g/mol. The van der Waals surface area contributed by atoms with E-state index in [9.17, 15) is 9.59 Å². The third kappa shape index (κ3) is 4.09. The maximum absolute atomic E-state index is 11.9. The van der Waals surface area contributed by atoms with Gasteiger partial charge in [0.25, 0.3) is 5.91 Å². The van der Waals surface area contributed by atoms with Crippen LogP contribution in [0.2, 0.25) is 0 Å². The van der Waals surface area contributed by atoms with Gasteiger partial charge in [-0.15, -0.1) is 11.3 Å². The van der Waals surface area contributed by atoms with Crippen LogP contribution in [-0.2, 0) is 11.3 Å². The lowest BCUT2D eigenvalue weighted by Crippen LogP contribution is -2.30. The van der Waals surface area contributed by atoms with E-state index in [1.165, 1.54) is 11.0 Å². The predicted octanol–water partition coefficient (Wildman–Crippen LogP) is 2.39. The molecule has 0 saturated heterocycles. The van der Waals surface area contributed by atoms with Crippen molar-refractivity contribution in [2.24, 2.45) is 0 Å². The zero-order valence-corrected chi connectivity index (χ0v) is 12.5. The van der Waals surface area contributed by atoms with Gasteiger partial charge in [-0.1, -0.05) is 0 Å². The van der Waals surface area contributed by atoms with Crippen LogP contribution in [0.25, 0.3) is 0 Å². The number of carbonyl (C=O) groups is 2. The highest BCUT2D eigenvalue weighted by molar-refractivity contribution is 7.12. The summed E-state index contributed by atoms with van der Waals surface area (Å²) in [6.07, 6.45) is 0. The molecular weight excluding hydrogens is 294 g/mol. The quantitative estimate of drug-likeness (QED) is 0.886. The number of amides is 1. The van der Waals surface area contributed by atoms with Crippen molar-refractivity contribution in [2.45, 2.75) is 13.5 Å². The normalized spacial score (nSPS) is 10.4. The largest absolute Gasteiger partial charge is 0.483 e. The molecule has 2 aromatic rings. The van der Waals surface area contributed by atoms with Crippen molar-refractivity contribution in [3.63, 3.8) is 0 Å². The van der Waals surface area contributed by atoms with E-state index in [2.05, 4.69) is 0 Å². The fourth-order valence-electron chi connectivity index (χ4n) is 1.65. The van der Waals surface area contributed by atoms with E-state index in [0.29, 0.717) is 18.1 Å². The van der Waals surface area contributed by atoms with Gasteiger partial charge in [-0.25, -0.2) is 4.79 Å². The fraction of sp³-hybridized carbons (Fsp3) is 0.286. The molecule has 2 aromatic heterocycles. The Bertz CT molecular complexity index is 645. The lowest BCUT2D eigenvalue weighted by Gasteiger charge is -2.15. The lowest BCUT2D eigenvalue weighted by atomic mass is 10.4. The highest BCUT2D eigenvalue weighted by Gasteiger charge is 2.13. The van der Waals surface area contributed by atoms with E-state index >= 15 is 0 Å². The van der Waals surface area contributed by atoms with E-state index in [1.54, 1.807) is 12.4 Å². The van der Waals surface area contributed by atoms with E-state index in [-0.39, 0.29) is 17.4 Å². The second-order valence-electron chi connectivity index (χ2n) is 4.50. The van der Waals surface area contributed by atoms with Crippen LogP contribution in [0.15, 0.2) is 28.0 Å². The van der Waals surface area contributed by atoms with Crippen LogP contribution in [0, 0.1) is 6.92 Å². The number of nitrogens with zero attached hydrogens (tertiary/aromatic N) is 1. The highest BCUT2D eigenvalue weighted by Crippen LogP contribution is 2.21. The summed E-state index contributed by atoms with van der Waals surface area (Å²) in [5, 5.41) is 10.4. The summed E-state index contributed by atoms with van der Waals surface area (Å²) < 4.78 is 10.7. The standard InChI is InChI=1S/C14H15NO5S/c1-9-3-4-10(20-9)6-15(2)13(16)7-19-11-5-12(14(17)18)21-8-11/h3-5,8H,6-7H2,1-2H3,(H,17,18). The maximum Gasteiger partial charge on any atom is 0.346 e. The van der Waals surface area contributed by atoms with Crippen molar-refractivity contribution in [1.82, 2.24) is 4.90 Å². The first-order valence-corrected chi connectivity index (χ1v) is 7.07. The molecule has 0 unspecified atom stereocenters. The van der Waals surface area contributed by atoms with Gasteiger partial charge < -0.3 is 19.2 Å². The second-order valence-corrected chi connectivity index (χ2v) is 5.41. The second kappa shape index (κ2) is 6.45. The number of hydrogen-bond donors (Lipinski definition) is 1. The van der Waals surface area contributed by atoms with Gasteiger partial charge in [0, 0.05) is 18.5 Å². The molecule has 0 radical (unpaired) electrons. The van der Waals surface area contributed by atoms with Crippen LogP contribution in [0.5, 0.6) is 5.75 Å². The summed E-state index contributed by atoms with van der Waals surface area (Å²) in [5.74, 6) is 0.653. The van der Waals surface area contributed by atoms with Crippen LogP contribution >= 0.6 is 11.3 Å². The molecule has 0 atom stereocenters. The summed E-state index contributed by atoms with van der Waals surface area (Å²) in [6, 6.07) is 5.05. The Balaban J connectivity index is 1.84. The minimum absolute atomic E-state index is 0.147. The number of aryl methyl sites for hydroxylation is 1. The van der Waals surface area contributed by atoms with E-state index in [0.717, 1.165) is 17.1 Å². The molecule has 0 aliphatic rings. The summed E-state index contributed by atoms with van der Waals surface area (Å²) >= 11 is 1.06. The molecule has 7 heteroatoms. The number of hydrogen-bond acceptors (Lipinski definition) is 5. The fourth-order valence-corrected chi connectivity index (χ4v) is 2.32. The van der Waals surface area contributed by atoms with Gasteiger partial charge in [0.1, 0.15) is 22.1 Å². The zero-order chi connectivity index (χ0) is 15.4.